The van der Waals surface area contributed by atoms with Crippen LogP contribution in [0.2, 0.25) is 0 Å². The van der Waals surface area contributed by atoms with Crippen molar-refractivity contribution >= 4 is 16.4 Å². The van der Waals surface area contributed by atoms with Crippen molar-refractivity contribution < 1.29 is 38.5 Å². The van der Waals surface area contributed by atoms with Gasteiger partial charge in [0.05, 0.1) is 22.8 Å². The number of aromatic nitrogens is 4. The monoisotopic (exact) mass is 388 g/mol. The van der Waals surface area contributed by atoms with Crippen LogP contribution in [0.25, 0.3) is 16.8 Å². The number of hydrogen-bond donors (Lipinski definition) is 0. The SMILES string of the molecule is COc1cc(-c2cnn3c(=O)[n-]cnc23)ccc1S(=O)c1ccccc1.[Na+]. The third-order valence-corrected chi connectivity index (χ3v) is 5.34. The Hall–Kier alpha value is -2.26. The molecule has 0 fully saturated rings. The van der Waals surface area contributed by atoms with Crippen LogP contribution in [0.4, 0.5) is 0 Å². The summed E-state index contributed by atoms with van der Waals surface area (Å²) < 4.78 is 19.4. The minimum absolute atomic E-state index is 0. The van der Waals surface area contributed by atoms with E-state index in [2.05, 4.69) is 15.1 Å². The number of hydrogen-bond acceptors (Lipinski definition) is 5. The standard InChI is InChI=1S/C18H14N4O3S.Na/c1-25-15-9-12(14-10-21-22-17(14)19-11-20-18(22)23)7-8-16(15)26(24)13-5-3-2-4-6-13;/h2-11H,1H3,(H,19,20,21,23);/q;+1/p-1. The molecule has 2 aromatic carbocycles. The van der Waals surface area contributed by atoms with Gasteiger partial charge >= 0.3 is 29.6 Å². The summed E-state index contributed by atoms with van der Waals surface area (Å²) in [6.45, 7) is 0. The second-order valence-corrected chi connectivity index (χ2v) is 6.85. The van der Waals surface area contributed by atoms with Gasteiger partial charge in [-0.25, -0.2) is 9.31 Å². The quantitative estimate of drug-likeness (QED) is 0.412. The second-order valence-electron chi connectivity index (χ2n) is 5.40. The number of ether oxygens (including phenoxy) is 1. The summed E-state index contributed by atoms with van der Waals surface area (Å²) >= 11 is 0. The van der Waals surface area contributed by atoms with Crippen molar-refractivity contribution in [3.63, 3.8) is 0 Å². The molecule has 4 rings (SSSR count). The first-order valence-corrected chi connectivity index (χ1v) is 8.85. The first-order valence-electron chi connectivity index (χ1n) is 7.70. The van der Waals surface area contributed by atoms with Crippen LogP contribution in [-0.4, -0.2) is 25.9 Å². The Balaban J connectivity index is 0.00000210. The van der Waals surface area contributed by atoms with Crippen LogP contribution in [0.5, 0.6) is 5.75 Å². The van der Waals surface area contributed by atoms with Crippen molar-refractivity contribution in [3.05, 3.63) is 71.5 Å². The number of methoxy groups -OCH3 is 1. The first kappa shape index (κ1) is 19.5. The molecule has 2 aromatic heterocycles. The van der Waals surface area contributed by atoms with E-state index in [0.29, 0.717) is 26.8 Å². The first-order chi connectivity index (χ1) is 12.7. The van der Waals surface area contributed by atoms with Crippen LogP contribution in [-0.2, 0) is 10.8 Å². The second kappa shape index (κ2) is 8.18. The van der Waals surface area contributed by atoms with Crippen LogP contribution in [0.3, 0.4) is 0 Å². The molecule has 130 valence electrons. The average Bonchev–Trinajstić information content (AvgIpc) is 3.13. The fourth-order valence-corrected chi connectivity index (χ4v) is 3.83. The molecule has 0 aliphatic heterocycles. The molecule has 1 atom stereocenters. The van der Waals surface area contributed by atoms with Gasteiger partial charge in [0, 0.05) is 22.3 Å². The van der Waals surface area contributed by atoms with E-state index in [1.807, 2.05) is 24.3 Å². The molecule has 4 aromatic rings. The molecule has 0 amide bonds. The molecule has 1 unspecified atom stereocenters. The Labute approximate surface area is 179 Å². The largest absolute Gasteiger partial charge is 1.00 e. The molecule has 0 spiro atoms. The third-order valence-electron chi connectivity index (χ3n) is 3.90. The molecule has 0 radical (unpaired) electrons. The summed E-state index contributed by atoms with van der Waals surface area (Å²) in [6, 6.07) is 14.5. The smallest absolute Gasteiger partial charge is 0.495 e. The van der Waals surface area contributed by atoms with Crippen LogP contribution in [0, 0.1) is 0 Å². The maximum atomic E-state index is 12.8. The van der Waals surface area contributed by atoms with Crippen molar-refractivity contribution in [2.45, 2.75) is 9.79 Å². The summed E-state index contributed by atoms with van der Waals surface area (Å²) in [5, 5.41) is 4.03. The van der Waals surface area contributed by atoms with Crippen LogP contribution in [0.15, 0.2) is 75.6 Å². The molecule has 9 heteroatoms. The minimum atomic E-state index is -1.37. The van der Waals surface area contributed by atoms with Gasteiger partial charge in [0.15, 0.2) is 0 Å². The maximum Gasteiger partial charge on any atom is 1.00 e. The molecule has 0 saturated heterocycles. The summed E-state index contributed by atoms with van der Waals surface area (Å²) in [6.07, 6.45) is 2.76. The molecule has 0 N–H and O–H groups in total. The number of benzene rings is 2. The number of fused-ring (bicyclic) bond motifs is 1. The van der Waals surface area contributed by atoms with Gasteiger partial charge in [-0.1, -0.05) is 24.3 Å². The van der Waals surface area contributed by atoms with Gasteiger partial charge < -0.3 is 14.7 Å². The fourth-order valence-electron chi connectivity index (χ4n) is 2.66. The number of rotatable bonds is 4. The van der Waals surface area contributed by atoms with E-state index in [4.69, 9.17) is 4.74 Å². The Bertz CT molecular complexity index is 1170. The van der Waals surface area contributed by atoms with E-state index in [1.54, 1.807) is 30.5 Å². The van der Waals surface area contributed by atoms with E-state index in [9.17, 15) is 9.00 Å². The van der Waals surface area contributed by atoms with Gasteiger partial charge in [0.2, 0.25) is 5.69 Å². The molecule has 0 bridgehead atoms. The van der Waals surface area contributed by atoms with E-state index < -0.39 is 16.5 Å². The van der Waals surface area contributed by atoms with Gasteiger partial charge in [0.25, 0.3) is 0 Å². The molecule has 0 aliphatic carbocycles. The van der Waals surface area contributed by atoms with E-state index >= 15 is 0 Å². The van der Waals surface area contributed by atoms with Crippen molar-refractivity contribution in [2.75, 3.05) is 7.11 Å². The molecule has 2 heterocycles. The molecular weight excluding hydrogens is 375 g/mol. The van der Waals surface area contributed by atoms with E-state index in [0.717, 1.165) is 10.1 Å². The van der Waals surface area contributed by atoms with Crippen molar-refractivity contribution in [1.82, 2.24) is 19.6 Å². The topological polar surface area (TPSA) is 87.7 Å². The normalized spacial score (nSPS) is 11.7. The summed E-state index contributed by atoms with van der Waals surface area (Å²) in [5.74, 6) is 0.487. The Morgan fingerprint density at radius 1 is 1.15 bits per heavy atom. The van der Waals surface area contributed by atoms with Crippen LogP contribution < -0.4 is 45.0 Å². The molecular formula is C18H13N4NaO3S. The van der Waals surface area contributed by atoms with Gasteiger partial charge in [0.1, 0.15) is 5.75 Å². The predicted octanol–water partition coefficient (Wildman–Crippen LogP) is -1.11. The maximum absolute atomic E-state index is 12.8. The zero-order valence-corrected chi connectivity index (χ0v) is 17.5. The van der Waals surface area contributed by atoms with Gasteiger partial charge in [-0.15, -0.1) is 0 Å². The molecule has 0 saturated carbocycles. The van der Waals surface area contributed by atoms with E-state index in [1.165, 1.54) is 13.4 Å². The van der Waals surface area contributed by atoms with Crippen LogP contribution >= 0.6 is 0 Å². The zero-order chi connectivity index (χ0) is 18.1. The van der Waals surface area contributed by atoms with Gasteiger partial charge in [-0.05, 0) is 36.2 Å². The fraction of sp³-hybridized carbons (Fsp3) is 0.0556. The zero-order valence-electron chi connectivity index (χ0n) is 14.7. The predicted molar refractivity (Wildman–Crippen MR) is 95.7 cm³/mol. The van der Waals surface area contributed by atoms with Crippen molar-refractivity contribution in [3.8, 4) is 16.9 Å². The summed E-state index contributed by atoms with van der Waals surface area (Å²) in [7, 11) is 0.161. The van der Waals surface area contributed by atoms with Crippen LogP contribution in [0.1, 0.15) is 0 Å². The van der Waals surface area contributed by atoms with Gasteiger partial charge in [-0.3, -0.25) is 9.31 Å². The average molecular weight is 388 g/mol. The Morgan fingerprint density at radius 3 is 2.67 bits per heavy atom. The van der Waals surface area contributed by atoms with Crippen molar-refractivity contribution in [2.24, 2.45) is 0 Å². The summed E-state index contributed by atoms with van der Waals surface area (Å²) in [5.41, 5.74) is 1.34. The Morgan fingerprint density at radius 2 is 1.93 bits per heavy atom. The summed E-state index contributed by atoms with van der Waals surface area (Å²) in [4.78, 5) is 20.7. The van der Waals surface area contributed by atoms with Gasteiger partial charge in [-0.2, -0.15) is 0 Å². The molecule has 7 nitrogen and oxygen atoms in total. The third kappa shape index (κ3) is 3.61. The Kier molecular flexibility index (Phi) is 5.91. The molecule has 27 heavy (non-hydrogen) atoms. The minimum Gasteiger partial charge on any atom is -0.495 e. The number of nitrogens with zero attached hydrogens (tertiary/aromatic N) is 4. The van der Waals surface area contributed by atoms with E-state index in [-0.39, 0.29) is 29.6 Å². The molecule has 0 aliphatic rings. The van der Waals surface area contributed by atoms with Crippen molar-refractivity contribution in [1.29, 1.82) is 0 Å².